The van der Waals surface area contributed by atoms with Gasteiger partial charge in [-0.25, -0.2) is 0 Å². The van der Waals surface area contributed by atoms with Crippen molar-refractivity contribution in [2.45, 2.75) is 72.6 Å². The summed E-state index contributed by atoms with van der Waals surface area (Å²) in [6, 6.07) is 14.2. The molecule has 254 valence electrons. The molecule has 0 saturated heterocycles. The fourth-order valence-electron chi connectivity index (χ4n) is 8.60. The molecule has 3 aromatic carbocycles. The van der Waals surface area contributed by atoms with E-state index in [2.05, 4.69) is 183 Å². The predicted octanol–water partition coefficient (Wildman–Crippen LogP) is -1.85. The van der Waals surface area contributed by atoms with Gasteiger partial charge in [-0.3, -0.25) is 0 Å². The van der Waals surface area contributed by atoms with Crippen LogP contribution in [0.25, 0.3) is 0 Å². The topological polar surface area (TPSA) is 9.72 Å². The van der Waals surface area contributed by atoms with Gasteiger partial charge in [0.05, 0.1) is 0 Å². The van der Waals surface area contributed by atoms with Crippen LogP contribution in [-0.2, 0) is 20.4 Å². The van der Waals surface area contributed by atoms with Crippen LogP contribution in [0.15, 0.2) is 58.7 Å². The van der Waals surface area contributed by atoms with Crippen molar-refractivity contribution in [1.82, 2.24) is 0 Å². The molecule has 0 heterocycles. The summed E-state index contributed by atoms with van der Waals surface area (Å²) >= 11 is 2.62. The van der Waals surface area contributed by atoms with Gasteiger partial charge in [0.1, 0.15) is 0 Å². The zero-order chi connectivity index (χ0) is 33.2. The van der Waals surface area contributed by atoms with E-state index in [9.17, 15) is 0 Å². The molecule has 0 bridgehead atoms. The van der Waals surface area contributed by atoms with E-state index in [1.807, 2.05) is 0 Å². The van der Waals surface area contributed by atoms with E-state index in [-0.39, 0.29) is 40.6 Å². The monoisotopic (exact) mass is 745 g/mol. The number of rotatable bonds is 7. The average molecular weight is 747 g/mol. The first-order valence-corrected chi connectivity index (χ1v) is 18.6. The third kappa shape index (κ3) is 6.30. The van der Waals surface area contributed by atoms with Gasteiger partial charge in [-0.05, 0) is 0 Å². The second-order valence-corrected chi connectivity index (χ2v) is 19.6. The van der Waals surface area contributed by atoms with Gasteiger partial charge in [0, 0.05) is 0 Å². The summed E-state index contributed by atoms with van der Waals surface area (Å²) in [5, 5.41) is 4.70. The number of halogens is 3. The molecule has 0 fully saturated rings. The number of benzene rings is 3. The van der Waals surface area contributed by atoms with Crippen LogP contribution in [0.4, 0.5) is 17.1 Å². The van der Waals surface area contributed by atoms with Crippen LogP contribution in [0.2, 0.25) is 3.34 Å². The fraction of sp³-hybridized carbons (Fsp3) is 0.436. The van der Waals surface area contributed by atoms with E-state index >= 15 is 0 Å². The Kier molecular flexibility index (Phi) is 14.3. The molecular formula is C39H54Cl3N3SiTi. The Labute approximate surface area is 317 Å². The first kappa shape index (κ1) is 43.4. The van der Waals surface area contributed by atoms with Crippen LogP contribution >= 0.6 is 0 Å². The van der Waals surface area contributed by atoms with Crippen molar-refractivity contribution >= 4 is 40.7 Å². The minimum atomic E-state index is -3.02. The third-order valence-corrected chi connectivity index (χ3v) is 20.2. The fourth-order valence-corrected chi connectivity index (χ4v) is 18.4. The largest absolute Gasteiger partial charge is 1.00 e. The minimum absolute atomic E-state index is 0. The van der Waals surface area contributed by atoms with Gasteiger partial charge < -0.3 is 37.2 Å². The molecule has 0 N–H and O–H groups in total. The minimum Gasteiger partial charge on any atom is -1.00 e. The van der Waals surface area contributed by atoms with E-state index < -0.39 is 8.07 Å². The maximum absolute atomic E-state index is 3.02. The van der Waals surface area contributed by atoms with Crippen molar-refractivity contribution in [3.63, 3.8) is 0 Å². The summed E-state index contributed by atoms with van der Waals surface area (Å²) in [4.78, 5) is 6.92. The quantitative estimate of drug-likeness (QED) is 0.208. The van der Waals surface area contributed by atoms with Crippen LogP contribution in [0.5, 0.6) is 0 Å². The average Bonchev–Trinajstić information content (AvgIpc) is 3.07. The molecule has 0 radical (unpaired) electrons. The number of hydrogen-bond donors (Lipinski definition) is 0. The summed E-state index contributed by atoms with van der Waals surface area (Å²) in [5.41, 5.74) is 18.3. The van der Waals surface area contributed by atoms with E-state index in [1.54, 1.807) is 15.6 Å². The molecule has 0 aliphatic heterocycles. The number of allylic oxidation sites excluding steroid dienone is 4. The second-order valence-electron chi connectivity index (χ2n) is 13.9. The molecule has 1 aliphatic rings. The molecule has 3 aromatic rings. The Morgan fingerprint density at radius 1 is 0.447 bits per heavy atom. The second kappa shape index (κ2) is 15.5. The zero-order valence-corrected chi connectivity index (χ0v) is 36.3. The number of hydrogen-bond acceptors (Lipinski definition) is 3. The van der Waals surface area contributed by atoms with Crippen molar-refractivity contribution < 1.29 is 57.7 Å². The zero-order valence-electron chi connectivity index (χ0n) is 31.4. The molecule has 0 unspecified atom stereocenters. The molecule has 0 aromatic heterocycles. The molecule has 47 heavy (non-hydrogen) atoms. The van der Waals surface area contributed by atoms with Gasteiger partial charge in [0.25, 0.3) is 0 Å². The Morgan fingerprint density at radius 2 is 0.681 bits per heavy atom. The normalized spacial score (nSPS) is 14.0. The molecule has 3 nitrogen and oxygen atoms in total. The molecule has 0 saturated carbocycles. The van der Waals surface area contributed by atoms with Crippen molar-refractivity contribution in [2.24, 2.45) is 0 Å². The van der Waals surface area contributed by atoms with Gasteiger partial charge >= 0.3 is 283 Å². The van der Waals surface area contributed by atoms with E-state index in [0.717, 1.165) is 0 Å². The summed E-state index contributed by atoms with van der Waals surface area (Å²) in [7, 11) is 10.1. The van der Waals surface area contributed by atoms with Gasteiger partial charge in [0.15, 0.2) is 0 Å². The predicted molar refractivity (Wildman–Crippen MR) is 195 cm³/mol. The van der Waals surface area contributed by atoms with Gasteiger partial charge in [0.2, 0.25) is 0 Å². The Morgan fingerprint density at radius 3 is 0.894 bits per heavy atom. The molecular weight excluding hydrogens is 693 g/mol. The van der Waals surface area contributed by atoms with Gasteiger partial charge in [-0.15, -0.1) is 0 Å². The Hall–Kier alpha value is -1.66. The number of anilines is 3. The van der Waals surface area contributed by atoms with Gasteiger partial charge in [-0.1, -0.05) is 0 Å². The Balaban J connectivity index is 0.00000368. The molecule has 0 amide bonds. The molecule has 8 heteroatoms. The molecule has 0 atom stereocenters. The maximum atomic E-state index is 2.62. The SMILES string of the molecule is CC1=C(C)[C]([Ti+3])([Si](c2c(C)ccc(N(C)C)c2C)(c2c(C)ccc(N(C)C)c2C)c2c(C)ccc(N(C)C)c2C)C(C)=C1C.[Cl-].[Cl-].[Cl-]. The third-order valence-electron chi connectivity index (χ3n) is 10.9. The first-order valence-electron chi connectivity index (χ1n) is 15.8. The summed E-state index contributed by atoms with van der Waals surface area (Å²) < 4.78 is -0.192. The molecule has 1 aliphatic carbocycles. The van der Waals surface area contributed by atoms with E-state index in [1.165, 1.54) is 72.7 Å². The molecule has 4 rings (SSSR count). The summed E-state index contributed by atoms with van der Waals surface area (Å²) in [6.45, 7) is 23.9. The summed E-state index contributed by atoms with van der Waals surface area (Å²) in [6.07, 6.45) is 0. The smallest absolute Gasteiger partial charge is 1.00 e. The number of aryl methyl sites for hydroxylation is 3. The van der Waals surface area contributed by atoms with Crippen LogP contribution in [0, 0.1) is 41.5 Å². The van der Waals surface area contributed by atoms with Crippen molar-refractivity contribution in [3.05, 3.63) is 92.1 Å². The Bertz CT molecular complexity index is 1550. The maximum Gasteiger partial charge on any atom is -1.00 e. The van der Waals surface area contributed by atoms with Crippen molar-refractivity contribution in [2.75, 3.05) is 57.0 Å². The van der Waals surface area contributed by atoms with E-state index in [4.69, 9.17) is 0 Å². The van der Waals surface area contributed by atoms with Crippen LogP contribution in [-0.4, -0.2) is 50.4 Å². The van der Waals surface area contributed by atoms with Crippen molar-refractivity contribution in [1.29, 1.82) is 0 Å². The standard InChI is InChI=1S/C39H54N3Si.3ClH.Ti/c1-23-17-20-33(40(11)12)30(8)36(23)43(39-28(6)26(4)27(5)29(39)7,37-24(2)18-21-34(31(37)9)41(13)14)38-25(3)19-22-35(32(38)10)42(15)16;;;;/h17-22H,1-16H3;3*1H;/q;;;;+3/p-3. The summed E-state index contributed by atoms with van der Waals surface area (Å²) in [5.74, 6) is 0. The van der Waals surface area contributed by atoms with Crippen LogP contribution < -0.4 is 67.5 Å². The van der Waals surface area contributed by atoms with Crippen molar-refractivity contribution in [3.8, 4) is 0 Å². The number of nitrogens with zero attached hydrogens (tertiary/aromatic N) is 3. The van der Waals surface area contributed by atoms with E-state index in [0.29, 0.717) is 0 Å². The first-order chi connectivity index (χ1) is 20.4. The van der Waals surface area contributed by atoms with Crippen LogP contribution in [0.1, 0.15) is 61.1 Å². The van der Waals surface area contributed by atoms with Gasteiger partial charge in [-0.2, -0.15) is 0 Å². The molecule has 0 spiro atoms. The van der Waals surface area contributed by atoms with Crippen LogP contribution in [0.3, 0.4) is 0 Å².